The number of carbonyl (C=O) groups excluding carboxylic acids is 1. The minimum Gasteiger partial charge on any atom is -0.378 e. The number of methoxy groups -OCH3 is 1. The first-order valence-corrected chi connectivity index (χ1v) is 8.18. The van der Waals surface area contributed by atoms with Gasteiger partial charge in [0.25, 0.3) is 0 Å². The molecule has 1 aliphatic carbocycles. The molecule has 2 heterocycles. The van der Waals surface area contributed by atoms with Crippen molar-refractivity contribution in [3.8, 4) is 0 Å². The van der Waals surface area contributed by atoms with Crippen LogP contribution in [0.4, 0.5) is 9.93 Å². The molecule has 1 aromatic rings. The summed E-state index contributed by atoms with van der Waals surface area (Å²) in [4.78, 5) is 18.5. The van der Waals surface area contributed by atoms with Crippen molar-refractivity contribution >= 4 is 22.5 Å². The maximum atomic E-state index is 12.4. The maximum Gasteiger partial charge on any atom is 0.323 e. The Kier molecular flexibility index (Phi) is 4.42. The van der Waals surface area contributed by atoms with Gasteiger partial charge < -0.3 is 14.4 Å². The van der Waals surface area contributed by atoms with Gasteiger partial charge in [-0.3, -0.25) is 5.32 Å². The van der Waals surface area contributed by atoms with Gasteiger partial charge in [0.2, 0.25) is 0 Å². The topological polar surface area (TPSA) is 63.7 Å². The van der Waals surface area contributed by atoms with Gasteiger partial charge in [-0.25, -0.2) is 9.78 Å². The third kappa shape index (κ3) is 3.72. The van der Waals surface area contributed by atoms with Crippen LogP contribution in [0.25, 0.3) is 0 Å². The molecule has 2 aliphatic rings. The zero-order valence-electron chi connectivity index (χ0n) is 12.4. The van der Waals surface area contributed by atoms with Gasteiger partial charge >= 0.3 is 6.03 Å². The van der Waals surface area contributed by atoms with E-state index in [-0.39, 0.29) is 18.2 Å². The fourth-order valence-electron chi connectivity index (χ4n) is 2.63. The van der Waals surface area contributed by atoms with Crippen LogP contribution in [-0.2, 0) is 16.1 Å². The van der Waals surface area contributed by atoms with E-state index >= 15 is 0 Å². The normalized spacial score (nSPS) is 25.9. The third-order valence-corrected chi connectivity index (χ3v) is 4.58. The molecule has 2 fully saturated rings. The van der Waals surface area contributed by atoms with E-state index in [1.54, 1.807) is 7.11 Å². The van der Waals surface area contributed by atoms with Crippen molar-refractivity contribution in [3.05, 3.63) is 11.1 Å². The second kappa shape index (κ2) is 6.29. The first-order valence-electron chi connectivity index (χ1n) is 7.30. The smallest absolute Gasteiger partial charge is 0.323 e. The Hall–Kier alpha value is -1.18. The van der Waals surface area contributed by atoms with Gasteiger partial charge in [-0.2, -0.15) is 0 Å². The lowest BCUT2D eigenvalue weighted by atomic mass is 10.1. The highest BCUT2D eigenvalue weighted by atomic mass is 32.1. The Balaban J connectivity index is 1.58. The lowest BCUT2D eigenvalue weighted by Crippen LogP contribution is -2.51. The molecule has 0 bridgehead atoms. The Morgan fingerprint density at radius 3 is 3.10 bits per heavy atom. The number of hydrogen-bond acceptors (Lipinski definition) is 5. The highest BCUT2D eigenvalue weighted by molar-refractivity contribution is 7.13. The van der Waals surface area contributed by atoms with Crippen molar-refractivity contribution < 1.29 is 14.3 Å². The van der Waals surface area contributed by atoms with Crippen LogP contribution in [0, 0.1) is 5.92 Å². The van der Waals surface area contributed by atoms with Crippen LogP contribution < -0.4 is 5.32 Å². The summed E-state index contributed by atoms with van der Waals surface area (Å²) >= 11 is 1.42. The first kappa shape index (κ1) is 14.7. The van der Waals surface area contributed by atoms with E-state index in [9.17, 15) is 4.79 Å². The molecule has 0 aromatic carbocycles. The van der Waals surface area contributed by atoms with Gasteiger partial charge in [-0.15, -0.1) is 11.3 Å². The van der Waals surface area contributed by atoms with Crippen LogP contribution in [0.5, 0.6) is 0 Å². The van der Waals surface area contributed by atoms with E-state index < -0.39 is 0 Å². The molecule has 3 rings (SSSR count). The van der Waals surface area contributed by atoms with Gasteiger partial charge in [-0.1, -0.05) is 0 Å². The Labute approximate surface area is 128 Å². The number of aromatic nitrogens is 1. The van der Waals surface area contributed by atoms with E-state index in [0.717, 1.165) is 5.69 Å². The lowest BCUT2D eigenvalue weighted by Gasteiger charge is -2.36. The van der Waals surface area contributed by atoms with Crippen molar-refractivity contribution in [3.63, 3.8) is 0 Å². The van der Waals surface area contributed by atoms with Gasteiger partial charge in [0.1, 0.15) is 0 Å². The summed E-state index contributed by atoms with van der Waals surface area (Å²) < 4.78 is 11.0. The zero-order chi connectivity index (χ0) is 14.8. The molecule has 21 heavy (non-hydrogen) atoms. The molecule has 1 aliphatic heterocycles. The molecular weight excluding hydrogens is 290 g/mol. The van der Waals surface area contributed by atoms with Gasteiger partial charge in [0.05, 0.1) is 24.5 Å². The molecule has 1 aromatic heterocycles. The largest absolute Gasteiger partial charge is 0.378 e. The van der Waals surface area contributed by atoms with E-state index in [0.29, 0.717) is 30.7 Å². The number of carbonyl (C=O) groups is 1. The lowest BCUT2D eigenvalue weighted by molar-refractivity contribution is -0.0717. The minimum absolute atomic E-state index is 0.0888. The molecule has 1 N–H and O–H groups in total. The molecule has 2 amide bonds. The average Bonchev–Trinajstić information content (AvgIpc) is 3.21. The standard InChI is InChI=1S/C14H21N3O3S/c1-9-5-17(6-12(20-9)10-3-4-10)14(18)16-13-15-11(7-19-2)8-21-13/h8-10,12H,3-7H2,1-2H3,(H,15,16,18). The molecule has 2 atom stereocenters. The SMILES string of the molecule is COCc1csc(NC(=O)N2CC(C)OC(C3CC3)C2)n1. The molecule has 6 nitrogen and oxygen atoms in total. The second-order valence-electron chi connectivity index (χ2n) is 5.73. The van der Waals surface area contributed by atoms with Crippen molar-refractivity contribution in [2.24, 2.45) is 5.92 Å². The number of nitrogens with zero attached hydrogens (tertiary/aromatic N) is 2. The summed E-state index contributed by atoms with van der Waals surface area (Å²) in [5, 5.41) is 5.39. The molecule has 1 saturated heterocycles. The molecule has 7 heteroatoms. The number of nitrogens with one attached hydrogen (secondary N) is 1. The quantitative estimate of drug-likeness (QED) is 0.927. The second-order valence-corrected chi connectivity index (χ2v) is 6.59. The number of ether oxygens (including phenoxy) is 2. The van der Waals surface area contributed by atoms with Crippen molar-refractivity contribution in [1.82, 2.24) is 9.88 Å². The Morgan fingerprint density at radius 1 is 1.57 bits per heavy atom. The number of urea groups is 1. The van der Waals surface area contributed by atoms with Crippen LogP contribution in [0.1, 0.15) is 25.5 Å². The Morgan fingerprint density at radius 2 is 2.38 bits per heavy atom. The van der Waals surface area contributed by atoms with Crippen LogP contribution >= 0.6 is 11.3 Å². The average molecular weight is 311 g/mol. The highest BCUT2D eigenvalue weighted by Gasteiger charge is 2.38. The van der Waals surface area contributed by atoms with Crippen LogP contribution in [0.3, 0.4) is 0 Å². The zero-order valence-corrected chi connectivity index (χ0v) is 13.2. The van der Waals surface area contributed by atoms with E-state index in [1.165, 1.54) is 24.2 Å². The number of morpholine rings is 1. The first-order chi connectivity index (χ1) is 10.2. The monoisotopic (exact) mass is 311 g/mol. The summed E-state index contributed by atoms with van der Waals surface area (Å²) in [5.41, 5.74) is 0.837. The van der Waals surface area contributed by atoms with Crippen molar-refractivity contribution in [2.75, 3.05) is 25.5 Å². The van der Waals surface area contributed by atoms with E-state index in [2.05, 4.69) is 10.3 Å². The molecule has 2 unspecified atom stereocenters. The number of amides is 2. The van der Waals surface area contributed by atoms with Crippen LogP contribution in [-0.4, -0.2) is 48.3 Å². The summed E-state index contributed by atoms with van der Waals surface area (Å²) in [6.07, 6.45) is 2.73. The van der Waals surface area contributed by atoms with Gasteiger partial charge in [0, 0.05) is 25.6 Å². The van der Waals surface area contributed by atoms with Crippen LogP contribution in [0.15, 0.2) is 5.38 Å². The van der Waals surface area contributed by atoms with E-state index in [1.807, 2.05) is 17.2 Å². The van der Waals surface area contributed by atoms with Crippen molar-refractivity contribution in [2.45, 2.75) is 38.6 Å². The van der Waals surface area contributed by atoms with Gasteiger partial charge in [-0.05, 0) is 25.7 Å². The summed E-state index contributed by atoms with van der Waals surface area (Å²) in [6, 6.07) is -0.0888. The molecule has 1 saturated carbocycles. The number of thiazole rings is 1. The fraction of sp³-hybridized carbons (Fsp3) is 0.714. The number of hydrogen-bond donors (Lipinski definition) is 1. The predicted octanol–water partition coefficient (Wildman–Crippen LogP) is 2.32. The van der Waals surface area contributed by atoms with Crippen molar-refractivity contribution in [1.29, 1.82) is 0 Å². The number of anilines is 1. The molecular formula is C14H21N3O3S. The number of rotatable bonds is 4. The van der Waals surface area contributed by atoms with Crippen LogP contribution in [0.2, 0.25) is 0 Å². The Bertz CT molecular complexity index is 503. The molecule has 116 valence electrons. The fourth-order valence-corrected chi connectivity index (χ4v) is 3.31. The van der Waals surface area contributed by atoms with Gasteiger partial charge in [0.15, 0.2) is 5.13 Å². The van der Waals surface area contributed by atoms with E-state index in [4.69, 9.17) is 9.47 Å². The summed E-state index contributed by atoms with van der Waals surface area (Å²) in [5.74, 6) is 0.635. The summed E-state index contributed by atoms with van der Waals surface area (Å²) in [6.45, 7) is 3.79. The predicted molar refractivity (Wildman–Crippen MR) is 80.5 cm³/mol. The molecule has 0 radical (unpaired) electrons. The maximum absolute atomic E-state index is 12.4. The highest BCUT2D eigenvalue weighted by Crippen LogP contribution is 2.36. The summed E-state index contributed by atoms with van der Waals surface area (Å²) in [7, 11) is 1.63. The minimum atomic E-state index is -0.0888. The third-order valence-electron chi connectivity index (χ3n) is 3.78. The molecule has 0 spiro atoms.